The monoisotopic (exact) mass is 457 g/mol. The van der Waals surface area contributed by atoms with Crippen LogP contribution in [0.4, 0.5) is 26.5 Å². The molecule has 11 heteroatoms. The third-order valence-corrected chi connectivity index (χ3v) is 5.36. The molecule has 1 unspecified atom stereocenters. The number of benzene rings is 1. The van der Waals surface area contributed by atoms with Crippen molar-refractivity contribution in [3.8, 4) is 0 Å². The topological polar surface area (TPSA) is 147 Å². The van der Waals surface area contributed by atoms with Crippen LogP contribution in [0, 0.1) is 11.7 Å². The molecule has 6 N–H and O–H groups in total. The molecule has 0 saturated carbocycles. The first-order valence-corrected chi connectivity index (χ1v) is 10.6. The van der Waals surface area contributed by atoms with Crippen LogP contribution in [0.5, 0.6) is 0 Å². The molecular formula is C22H28FN7O3. The molecule has 2 aromatic heterocycles. The Morgan fingerprint density at radius 2 is 1.94 bits per heavy atom. The van der Waals surface area contributed by atoms with Gasteiger partial charge < -0.3 is 26.8 Å². The van der Waals surface area contributed by atoms with Crippen LogP contribution in [0.25, 0.3) is 10.9 Å². The van der Waals surface area contributed by atoms with Crippen LogP contribution < -0.4 is 21.7 Å². The first kappa shape index (κ1) is 23.8. The highest BCUT2D eigenvalue weighted by Gasteiger charge is 2.25. The van der Waals surface area contributed by atoms with E-state index in [1.807, 2.05) is 37.6 Å². The number of hydrogen-bond acceptors (Lipinski definition) is 6. The van der Waals surface area contributed by atoms with Crippen molar-refractivity contribution in [2.75, 3.05) is 10.6 Å². The second-order valence-electron chi connectivity index (χ2n) is 8.09. The molecule has 0 radical (unpaired) electrons. The molecule has 0 saturated heterocycles. The number of aryl methyl sites for hydroxylation is 1. The number of carbonyl (C=O) groups excluding carboxylic acids is 1. The lowest BCUT2D eigenvalue weighted by molar-refractivity contribution is 0.1000. The molecule has 0 fully saturated rings. The Hall–Kier alpha value is -3.89. The molecule has 1 aromatic carbocycles. The predicted octanol–water partition coefficient (Wildman–Crippen LogP) is 3.53. The Labute approximate surface area is 190 Å². The standard InChI is InChI=1S/C22H28FN7O3/c1-5-30-17-7-6-14(8-13(17)10-25-30)27-20-15(19(24)31)9-16(23)21(29-20)28-18(11(2)3)12(4)26-22(32)33/h6-12,18,26H,5H2,1-4H3,(H2,24,31)(H,32,33)(H2,27,28,29)/t12?,18-/m1/s1. The highest BCUT2D eigenvalue weighted by atomic mass is 19.1. The van der Waals surface area contributed by atoms with E-state index in [-0.39, 0.29) is 23.1 Å². The largest absolute Gasteiger partial charge is 0.465 e. The van der Waals surface area contributed by atoms with Gasteiger partial charge in [0, 0.05) is 29.7 Å². The Morgan fingerprint density at radius 1 is 1.21 bits per heavy atom. The highest BCUT2D eigenvalue weighted by molar-refractivity contribution is 5.99. The fourth-order valence-electron chi connectivity index (χ4n) is 3.74. The van der Waals surface area contributed by atoms with Gasteiger partial charge in [-0.1, -0.05) is 13.8 Å². The van der Waals surface area contributed by atoms with E-state index in [9.17, 15) is 14.0 Å². The summed E-state index contributed by atoms with van der Waals surface area (Å²) in [4.78, 5) is 27.3. The van der Waals surface area contributed by atoms with Crippen LogP contribution in [0.15, 0.2) is 30.5 Å². The number of hydrogen-bond donors (Lipinski definition) is 5. The van der Waals surface area contributed by atoms with E-state index in [4.69, 9.17) is 10.8 Å². The summed E-state index contributed by atoms with van der Waals surface area (Å²) < 4.78 is 16.7. The van der Waals surface area contributed by atoms with Crippen LogP contribution in [-0.2, 0) is 6.54 Å². The zero-order chi connectivity index (χ0) is 24.3. The number of anilines is 3. The molecule has 0 aliphatic rings. The predicted molar refractivity (Wildman–Crippen MR) is 124 cm³/mol. The summed E-state index contributed by atoms with van der Waals surface area (Å²) in [7, 11) is 0. The van der Waals surface area contributed by atoms with Gasteiger partial charge in [0.1, 0.15) is 5.82 Å². The number of nitrogens with zero attached hydrogens (tertiary/aromatic N) is 3. The molecular weight excluding hydrogens is 429 g/mol. The van der Waals surface area contributed by atoms with Gasteiger partial charge in [-0.2, -0.15) is 5.10 Å². The van der Waals surface area contributed by atoms with Crippen LogP contribution in [-0.4, -0.2) is 44.0 Å². The van der Waals surface area contributed by atoms with Gasteiger partial charge in [0.25, 0.3) is 5.91 Å². The molecule has 10 nitrogen and oxygen atoms in total. The molecule has 33 heavy (non-hydrogen) atoms. The average molecular weight is 458 g/mol. The van der Waals surface area contributed by atoms with Crippen LogP contribution in [0.1, 0.15) is 38.1 Å². The normalized spacial score (nSPS) is 13.0. The van der Waals surface area contributed by atoms with E-state index < -0.39 is 29.9 Å². The summed E-state index contributed by atoms with van der Waals surface area (Å²) in [5.41, 5.74) is 6.91. The maximum absolute atomic E-state index is 14.8. The quantitative estimate of drug-likeness (QED) is 0.330. The van der Waals surface area contributed by atoms with E-state index in [2.05, 4.69) is 26.0 Å². The molecule has 0 bridgehead atoms. The van der Waals surface area contributed by atoms with Crippen molar-refractivity contribution < 1.29 is 19.1 Å². The van der Waals surface area contributed by atoms with Crippen molar-refractivity contribution in [1.29, 1.82) is 0 Å². The number of pyridine rings is 1. The average Bonchev–Trinajstić information content (AvgIpc) is 3.14. The maximum atomic E-state index is 14.8. The second kappa shape index (κ2) is 9.72. The fourth-order valence-corrected chi connectivity index (χ4v) is 3.74. The molecule has 3 rings (SSSR count). The molecule has 0 aliphatic heterocycles. The number of halogens is 1. The number of carbonyl (C=O) groups is 2. The van der Waals surface area contributed by atoms with Gasteiger partial charge in [-0.25, -0.2) is 14.2 Å². The summed E-state index contributed by atoms with van der Waals surface area (Å²) in [6.45, 7) is 8.14. The Bertz CT molecular complexity index is 1180. The zero-order valence-corrected chi connectivity index (χ0v) is 18.9. The Kier molecular flexibility index (Phi) is 7.00. The van der Waals surface area contributed by atoms with Gasteiger partial charge >= 0.3 is 6.09 Å². The lowest BCUT2D eigenvalue weighted by atomic mass is 9.97. The van der Waals surface area contributed by atoms with E-state index in [0.717, 1.165) is 23.5 Å². The minimum Gasteiger partial charge on any atom is -0.465 e. The summed E-state index contributed by atoms with van der Waals surface area (Å²) in [5, 5.41) is 22.6. The molecule has 0 aliphatic carbocycles. The third kappa shape index (κ3) is 5.30. The molecule has 176 valence electrons. The molecule has 0 spiro atoms. The first-order valence-electron chi connectivity index (χ1n) is 10.6. The fraction of sp³-hybridized carbons (Fsp3) is 0.364. The van der Waals surface area contributed by atoms with Gasteiger partial charge in [-0.05, 0) is 44.0 Å². The van der Waals surface area contributed by atoms with E-state index in [1.54, 1.807) is 19.2 Å². The zero-order valence-electron chi connectivity index (χ0n) is 18.9. The van der Waals surface area contributed by atoms with Crippen molar-refractivity contribution in [2.24, 2.45) is 11.7 Å². The van der Waals surface area contributed by atoms with Crippen molar-refractivity contribution in [3.63, 3.8) is 0 Å². The minimum absolute atomic E-state index is 0.0576. The number of aromatic nitrogens is 3. The van der Waals surface area contributed by atoms with Crippen molar-refractivity contribution >= 4 is 40.2 Å². The highest BCUT2D eigenvalue weighted by Crippen LogP contribution is 2.27. The van der Waals surface area contributed by atoms with Gasteiger partial charge in [-0.15, -0.1) is 0 Å². The maximum Gasteiger partial charge on any atom is 0.404 e. The summed E-state index contributed by atoms with van der Waals surface area (Å²) in [6.07, 6.45) is 0.547. The number of rotatable bonds is 9. The molecule has 2 amide bonds. The Balaban J connectivity index is 1.96. The SMILES string of the molecule is CCn1ncc2cc(Nc3nc(N[C@H](C(C)C)C(C)NC(=O)O)c(F)cc3C(N)=O)ccc21. The number of amides is 2. The number of carboxylic acid groups (broad SMARTS) is 1. The van der Waals surface area contributed by atoms with Crippen LogP contribution in [0.3, 0.4) is 0 Å². The van der Waals surface area contributed by atoms with Crippen molar-refractivity contribution in [2.45, 2.75) is 46.3 Å². The van der Waals surface area contributed by atoms with Gasteiger partial charge in [0.15, 0.2) is 11.6 Å². The third-order valence-electron chi connectivity index (χ3n) is 5.36. The minimum atomic E-state index is -1.18. The van der Waals surface area contributed by atoms with Crippen molar-refractivity contribution in [1.82, 2.24) is 20.1 Å². The number of fused-ring (bicyclic) bond motifs is 1. The summed E-state index contributed by atoms with van der Waals surface area (Å²) in [5.74, 6) is -1.72. The number of nitrogens with two attached hydrogens (primary N) is 1. The lowest BCUT2D eigenvalue weighted by Crippen LogP contribution is -2.47. The molecule has 2 atom stereocenters. The molecule has 3 aromatic rings. The van der Waals surface area contributed by atoms with Crippen LogP contribution >= 0.6 is 0 Å². The lowest BCUT2D eigenvalue weighted by Gasteiger charge is -2.29. The summed E-state index contributed by atoms with van der Waals surface area (Å²) >= 11 is 0. The van der Waals surface area contributed by atoms with Gasteiger partial charge in [0.05, 0.1) is 17.3 Å². The van der Waals surface area contributed by atoms with E-state index in [1.165, 1.54) is 0 Å². The second-order valence-corrected chi connectivity index (χ2v) is 8.09. The van der Waals surface area contributed by atoms with Crippen LogP contribution in [0.2, 0.25) is 0 Å². The summed E-state index contributed by atoms with van der Waals surface area (Å²) in [6, 6.07) is 5.54. The number of primary amides is 1. The first-order chi connectivity index (χ1) is 15.6. The van der Waals surface area contributed by atoms with Crippen molar-refractivity contribution in [3.05, 3.63) is 41.8 Å². The molecule has 2 heterocycles. The van der Waals surface area contributed by atoms with E-state index in [0.29, 0.717) is 5.69 Å². The number of nitrogens with one attached hydrogen (secondary N) is 3. The Morgan fingerprint density at radius 3 is 2.55 bits per heavy atom. The van der Waals surface area contributed by atoms with Gasteiger partial charge in [-0.3, -0.25) is 9.48 Å². The van der Waals surface area contributed by atoms with Gasteiger partial charge in [0.2, 0.25) is 0 Å². The van der Waals surface area contributed by atoms with E-state index >= 15 is 0 Å². The smallest absolute Gasteiger partial charge is 0.404 e.